The molecule has 88 valence electrons. The van der Waals surface area contributed by atoms with Crippen LogP contribution in [0, 0.1) is 0 Å². The number of benzene rings is 1. The van der Waals surface area contributed by atoms with Crippen LogP contribution in [0.5, 0.6) is 0 Å². The van der Waals surface area contributed by atoms with E-state index in [2.05, 4.69) is 4.99 Å². The Morgan fingerprint density at radius 3 is 3.12 bits per heavy atom. The minimum atomic E-state index is -0.335. The van der Waals surface area contributed by atoms with Crippen LogP contribution < -0.4 is 4.90 Å². The summed E-state index contributed by atoms with van der Waals surface area (Å²) in [6.45, 7) is 2.73. The predicted octanol–water partition coefficient (Wildman–Crippen LogP) is 2.17. The number of carbonyl (C=O) groups excluding carboxylic acids is 2. The second-order valence-electron chi connectivity index (χ2n) is 3.62. The van der Waals surface area contributed by atoms with Crippen molar-refractivity contribution < 1.29 is 14.3 Å². The number of amides is 1. The van der Waals surface area contributed by atoms with E-state index in [4.69, 9.17) is 4.74 Å². The number of aliphatic imine (C=N–C) groups is 1. The van der Waals surface area contributed by atoms with Crippen molar-refractivity contribution >= 4 is 23.5 Å². The molecule has 1 aliphatic heterocycles. The molecule has 1 amide bonds. The first-order valence-corrected chi connectivity index (χ1v) is 5.41. The Kier molecular flexibility index (Phi) is 3.21. The SMILES string of the molecule is CCOC(=O)N1CCc2cc(N=C=O)ccc21. The van der Waals surface area contributed by atoms with E-state index in [0.29, 0.717) is 18.8 Å². The first-order valence-electron chi connectivity index (χ1n) is 5.41. The van der Waals surface area contributed by atoms with Crippen molar-refractivity contribution in [2.24, 2.45) is 4.99 Å². The number of nitrogens with zero attached hydrogens (tertiary/aromatic N) is 2. The summed E-state index contributed by atoms with van der Waals surface area (Å²) in [5.74, 6) is 0. The maximum absolute atomic E-state index is 11.6. The van der Waals surface area contributed by atoms with Crippen molar-refractivity contribution in [2.45, 2.75) is 13.3 Å². The first-order chi connectivity index (χ1) is 8.26. The van der Waals surface area contributed by atoms with Crippen molar-refractivity contribution in [2.75, 3.05) is 18.1 Å². The molecule has 5 nitrogen and oxygen atoms in total. The molecule has 2 rings (SSSR count). The molecule has 0 aromatic heterocycles. The zero-order valence-electron chi connectivity index (χ0n) is 9.47. The molecule has 0 N–H and O–H groups in total. The largest absolute Gasteiger partial charge is 0.449 e. The molecule has 1 aromatic rings. The number of hydrogen-bond donors (Lipinski definition) is 0. The number of ether oxygens (including phenoxy) is 1. The Labute approximate surface area is 98.7 Å². The van der Waals surface area contributed by atoms with Crippen LogP contribution in [0.15, 0.2) is 23.2 Å². The third-order valence-corrected chi connectivity index (χ3v) is 2.62. The molecule has 0 saturated carbocycles. The zero-order valence-corrected chi connectivity index (χ0v) is 9.47. The van der Waals surface area contributed by atoms with Crippen LogP contribution in [-0.2, 0) is 16.0 Å². The lowest BCUT2D eigenvalue weighted by molar-refractivity contribution is 0.160. The van der Waals surface area contributed by atoms with Gasteiger partial charge in [0.25, 0.3) is 0 Å². The summed E-state index contributed by atoms with van der Waals surface area (Å²) in [6.07, 6.45) is 1.91. The topological polar surface area (TPSA) is 59.0 Å². The van der Waals surface area contributed by atoms with Crippen molar-refractivity contribution in [3.05, 3.63) is 23.8 Å². The smallest absolute Gasteiger partial charge is 0.414 e. The molecule has 0 spiro atoms. The van der Waals surface area contributed by atoms with E-state index in [9.17, 15) is 9.59 Å². The van der Waals surface area contributed by atoms with Gasteiger partial charge in [-0.3, -0.25) is 4.90 Å². The summed E-state index contributed by atoms with van der Waals surface area (Å²) < 4.78 is 4.96. The van der Waals surface area contributed by atoms with Gasteiger partial charge in [-0.05, 0) is 37.1 Å². The van der Waals surface area contributed by atoms with Gasteiger partial charge in [-0.25, -0.2) is 9.59 Å². The highest BCUT2D eigenvalue weighted by atomic mass is 16.6. The minimum Gasteiger partial charge on any atom is -0.449 e. The monoisotopic (exact) mass is 232 g/mol. The molecule has 0 saturated heterocycles. The van der Waals surface area contributed by atoms with E-state index >= 15 is 0 Å². The number of isocyanates is 1. The van der Waals surface area contributed by atoms with Crippen LogP contribution >= 0.6 is 0 Å². The Morgan fingerprint density at radius 1 is 1.59 bits per heavy atom. The van der Waals surface area contributed by atoms with Crippen LogP contribution in [0.3, 0.4) is 0 Å². The lowest BCUT2D eigenvalue weighted by atomic mass is 10.1. The quantitative estimate of drug-likeness (QED) is 0.580. The predicted molar refractivity (Wildman–Crippen MR) is 62.3 cm³/mol. The fourth-order valence-corrected chi connectivity index (χ4v) is 1.90. The van der Waals surface area contributed by atoms with Gasteiger partial charge in [0.05, 0.1) is 18.0 Å². The first kappa shape index (κ1) is 11.4. The van der Waals surface area contributed by atoms with E-state index in [1.165, 1.54) is 6.08 Å². The Morgan fingerprint density at radius 2 is 2.41 bits per heavy atom. The maximum Gasteiger partial charge on any atom is 0.414 e. The van der Waals surface area contributed by atoms with Gasteiger partial charge in [-0.15, -0.1) is 0 Å². The van der Waals surface area contributed by atoms with Gasteiger partial charge >= 0.3 is 6.09 Å². The molecule has 1 aromatic carbocycles. The molecule has 5 heteroatoms. The van der Waals surface area contributed by atoms with Crippen LogP contribution in [0.2, 0.25) is 0 Å². The highest BCUT2D eigenvalue weighted by Crippen LogP contribution is 2.31. The second kappa shape index (κ2) is 4.80. The zero-order chi connectivity index (χ0) is 12.3. The molecular formula is C12H12N2O3. The standard InChI is InChI=1S/C12H12N2O3/c1-2-17-12(16)14-6-5-9-7-10(13-8-15)3-4-11(9)14/h3-4,7H,2,5-6H2,1H3. The van der Waals surface area contributed by atoms with E-state index in [0.717, 1.165) is 17.7 Å². The Bertz CT molecular complexity index is 493. The van der Waals surface area contributed by atoms with Crippen molar-refractivity contribution in [3.63, 3.8) is 0 Å². The van der Waals surface area contributed by atoms with Crippen molar-refractivity contribution in [3.8, 4) is 0 Å². The number of hydrogen-bond acceptors (Lipinski definition) is 4. The van der Waals surface area contributed by atoms with Gasteiger partial charge in [-0.2, -0.15) is 4.99 Å². The Balaban J connectivity index is 2.27. The lowest BCUT2D eigenvalue weighted by Crippen LogP contribution is -2.29. The molecule has 0 fully saturated rings. The third kappa shape index (κ3) is 2.19. The molecule has 0 aliphatic carbocycles. The molecule has 1 heterocycles. The summed E-state index contributed by atoms with van der Waals surface area (Å²) in [6, 6.07) is 5.25. The molecular weight excluding hydrogens is 220 g/mol. The van der Waals surface area contributed by atoms with Crippen molar-refractivity contribution in [1.29, 1.82) is 0 Å². The van der Waals surface area contributed by atoms with Gasteiger partial charge in [-0.1, -0.05) is 0 Å². The average molecular weight is 232 g/mol. The molecule has 0 radical (unpaired) electrons. The highest BCUT2D eigenvalue weighted by molar-refractivity contribution is 5.90. The van der Waals surface area contributed by atoms with Gasteiger partial charge in [0, 0.05) is 6.54 Å². The number of fused-ring (bicyclic) bond motifs is 1. The molecule has 0 bridgehead atoms. The Hall–Kier alpha value is -2.13. The summed E-state index contributed by atoms with van der Waals surface area (Å²) in [5.41, 5.74) is 2.38. The molecule has 0 unspecified atom stereocenters. The van der Waals surface area contributed by atoms with E-state index in [-0.39, 0.29) is 6.09 Å². The number of carbonyl (C=O) groups is 1. The van der Waals surface area contributed by atoms with E-state index < -0.39 is 0 Å². The summed E-state index contributed by atoms with van der Waals surface area (Å²) >= 11 is 0. The summed E-state index contributed by atoms with van der Waals surface area (Å²) in [4.78, 5) is 26.9. The van der Waals surface area contributed by atoms with Crippen LogP contribution in [-0.4, -0.2) is 25.3 Å². The van der Waals surface area contributed by atoms with E-state index in [1.807, 2.05) is 0 Å². The normalized spacial score (nSPS) is 12.9. The average Bonchev–Trinajstić information content (AvgIpc) is 2.73. The van der Waals surface area contributed by atoms with Gasteiger partial charge in [0.15, 0.2) is 0 Å². The number of rotatable bonds is 2. The fraction of sp³-hybridized carbons (Fsp3) is 0.333. The fourth-order valence-electron chi connectivity index (χ4n) is 1.90. The minimum absolute atomic E-state index is 0.335. The van der Waals surface area contributed by atoms with Gasteiger partial charge in [0.1, 0.15) is 0 Å². The lowest BCUT2D eigenvalue weighted by Gasteiger charge is -2.16. The third-order valence-electron chi connectivity index (χ3n) is 2.62. The molecule has 0 atom stereocenters. The summed E-state index contributed by atoms with van der Waals surface area (Å²) in [5, 5.41) is 0. The summed E-state index contributed by atoms with van der Waals surface area (Å²) in [7, 11) is 0. The maximum atomic E-state index is 11.6. The molecule has 17 heavy (non-hydrogen) atoms. The van der Waals surface area contributed by atoms with E-state index in [1.54, 1.807) is 30.0 Å². The van der Waals surface area contributed by atoms with Crippen LogP contribution in [0.4, 0.5) is 16.2 Å². The highest BCUT2D eigenvalue weighted by Gasteiger charge is 2.25. The number of anilines is 1. The second-order valence-corrected chi connectivity index (χ2v) is 3.62. The van der Waals surface area contributed by atoms with Crippen molar-refractivity contribution in [1.82, 2.24) is 0 Å². The van der Waals surface area contributed by atoms with Crippen LogP contribution in [0.25, 0.3) is 0 Å². The van der Waals surface area contributed by atoms with Crippen LogP contribution in [0.1, 0.15) is 12.5 Å². The van der Waals surface area contributed by atoms with Gasteiger partial charge < -0.3 is 4.74 Å². The molecule has 1 aliphatic rings. The van der Waals surface area contributed by atoms with Gasteiger partial charge in [0.2, 0.25) is 6.08 Å².